The summed E-state index contributed by atoms with van der Waals surface area (Å²) < 4.78 is 18.3. The number of likely N-dealkylation sites (tertiary alicyclic amines) is 1. The molecule has 0 aromatic carbocycles. The maximum atomic E-state index is 13.4. The molecule has 1 atom stereocenters. The largest absolute Gasteiger partial charge is 0.472 e. The Morgan fingerprint density at radius 1 is 1.71 bits per heavy atom. The monoisotopic (exact) mass is 197 g/mol. The first kappa shape index (κ1) is 9.24. The van der Waals surface area contributed by atoms with E-state index in [0.717, 1.165) is 0 Å². The number of carbonyl (C=O) groups excluding carboxylic acids is 1. The highest BCUT2D eigenvalue weighted by molar-refractivity contribution is 5.94. The van der Waals surface area contributed by atoms with Crippen LogP contribution in [0.5, 0.6) is 0 Å². The molecule has 3 nitrogen and oxygen atoms in total. The number of hydrogen-bond acceptors (Lipinski definition) is 2. The van der Waals surface area contributed by atoms with Crippen molar-refractivity contribution in [2.45, 2.75) is 19.0 Å². The molecule has 1 saturated heterocycles. The number of nitrogens with zero attached hydrogens (tertiary/aromatic N) is 1. The van der Waals surface area contributed by atoms with Gasteiger partial charge in [-0.15, -0.1) is 0 Å². The molecule has 1 unspecified atom stereocenters. The molecule has 0 saturated carbocycles. The standard InChI is InChI=1S/C10H12FNO2/c1-10(11)3-4-12(7-10)9(13)8-2-5-14-6-8/h2,5-6H,3-4,7H2,1H3. The Labute approximate surface area is 81.5 Å². The van der Waals surface area contributed by atoms with Gasteiger partial charge >= 0.3 is 0 Å². The summed E-state index contributed by atoms with van der Waals surface area (Å²) in [5, 5.41) is 0. The van der Waals surface area contributed by atoms with E-state index in [9.17, 15) is 9.18 Å². The molecule has 2 heterocycles. The maximum Gasteiger partial charge on any atom is 0.257 e. The number of amides is 1. The lowest BCUT2D eigenvalue weighted by atomic mass is 10.1. The van der Waals surface area contributed by atoms with Gasteiger partial charge in [0.1, 0.15) is 11.9 Å². The van der Waals surface area contributed by atoms with Crippen LogP contribution in [0.1, 0.15) is 23.7 Å². The molecule has 1 aliphatic heterocycles. The highest BCUT2D eigenvalue weighted by Crippen LogP contribution is 2.25. The third-order valence-electron chi connectivity index (χ3n) is 2.48. The molecule has 1 aliphatic rings. The minimum absolute atomic E-state index is 0.153. The number of hydrogen-bond donors (Lipinski definition) is 0. The van der Waals surface area contributed by atoms with Gasteiger partial charge in [0.15, 0.2) is 0 Å². The van der Waals surface area contributed by atoms with Crippen molar-refractivity contribution in [3.05, 3.63) is 24.2 Å². The van der Waals surface area contributed by atoms with Crippen molar-refractivity contribution in [3.8, 4) is 0 Å². The van der Waals surface area contributed by atoms with Crippen molar-refractivity contribution in [1.82, 2.24) is 4.90 Å². The molecule has 0 bridgehead atoms. The molecule has 2 rings (SSSR count). The second-order valence-electron chi connectivity index (χ2n) is 3.90. The Hall–Kier alpha value is -1.32. The smallest absolute Gasteiger partial charge is 0.257 e. The summed E-state index contributed by atoms with van der Waals surface area (Å²) in [5.74, 6) is -0.153. The van der Waals surface area contributed by atoms with Crippen LogP contribution in [0.15, 0.2) is 23.0 Å². The quantitative estimate of drug-likeness (QED) is 0.688. The molecule has 1 aromatic rings. The molecule has 4 heteroatoms. The first-order valence-corrected chi connectivity index (χ1v) is 4.59. The molecule has 14 heavy (non-hydrogen) atoms. The van der Waals surface area contributed by atoms with Crippen LogP contribution in [-0.2, 0) is 0 Å². The van der Waals surface area contributed by atoms with Crippen molar-refractivity contribution in [2.75, 3.05) is 13.1 Å². The molecule has 1 aromatic heterocycles. The third-order valence-corrected chi connectivity index (χ3v) is 2.48. The van der Waals surface area contributed by atoms with Gasteiger partial charge in [0, 0.05) is 13.0 Å². The summed E-state index contributed by atoms with van der Waals surface area (Å²) in [4.78, 5) is 13.2. The van der Waals surface area contributed by atoms with Crippen LogP contribution in [0.4, 0.5) is 4.39 Å². The van der Waals surface area contributed by atoms with Crippen LogP contribution in [0.25, 0.3) is 0 Å². The van der Waals surface area contributed by atoms with E-state index in [4.69, 9.17) is 4.42 Å². The van der Waals surface area contributed by atoms with Gasteiger partial charge < -0.3 is 9.32 Å². The number of rotatable bonds is 1. The number of carbonyl (C=O) groups is 1. The Bertz CT molecular complexity index is 332. The Morgan fingerprint density at radius 3 is 3.00 bits per heavy atom. The van der Waals surface area contributed by atoms with Crippen molar-refractivity contribution in [1.29, 1.82) is 0 Å². The lowest BCUT2D eigenvalue weighted by molar-refractivity contribution is 0.0760. The number of halogens is 1. The first-order chi connectivity index (χ1) is 6.58. The summed E-state index contributed by atoms with van der Waals surface area (Å²) in [6.45, 7) is 2.18. The van der Waals surface area contributed by atoms with Crippen LogP contribution in [-0.4, -0.2) is 29.6 Å². The molecule has 76 valence electrons. The average molecular weight is 197 g/mol. The Balaban J connectivity index is 2.08. The van der Waals surface area contributed by atoms with Gasteiger partial charge in [-0.05, 0) is 13.0 Å². The Morgan fingerprint density at radius 2 is 2.50 bits per heavy atom. The van der Waals surface area contributed by atoms with Gasteiger partial charge in [-0.25, -0.2) is 4.39 Å². The van der Waals surface area contributed by atoms with Gasteiger partial charge in [0.25, 0.3) is 5.91 Å². The maximum absolute atomic E-state index is 13.4. The van der Waals surface area contributed by atoms with E-state index in [-0.39, 0.29) is 12.5 Å². The zero-order valence-corrected chi connectivity index (χ0v) is 8.00. The summed E-state index contributed by atoms with van der Waals surface area (Å²) in [6.07, 6.45) is 3.24. The van der Waals surface area contributed by atoms with E-state index in [1.807, 2.05) is 0 Å². The molecule has 0 spiro atoms. The molecular formula is C10H12FNO2. The van der Waals surface area contributed by atoms with Crippen molar-refractivity contribution in [2.24, 2.45) is 0 Å². The Kier molecular flexibility index (Phi) is 2.06. The fraction of sp³-hybridized carbons (Fsp3) is 0.500. The molecule has 0 aliphatic carbocycles. The lowest BCUT2D eigenvalue weighted by Gasteiger charge is -2.16. The predicted octanol–water partition coefficient (Wildman–Crippen LogP) is 1.85. The van der Waals surface area contributed by atoms with Gasteiger partial charge in [-0.1, -0.05) is 0 Å². The molecule has 1 amide bonds. The first-order valence-electron chi connectivity index (χ1n) is 4.59. The van der Waals surface area contributed by atoms with E-state index in [1.54, 1.807) is 6.07 Å². The number of furan rings is 1. The van der Waals surface area contributed by atoms with Crippen molar-refractivity contribution in [3.63, 3.8) is 0 Å². The summed E-state index contributed by atoms with van der Waals surface area (Å²) in [7, 11) is 0. The third kappa shape index (κ3) is 1.64. The fourth-order valence-corrected chi connectivity index (χ4v) is 1.67. The fourth-order valence-electron chi connectivity index (χ4n) is 1.67. The van der Waals surface area contributed by atoms with E-state index in [1.165, 1.54) is 24.3 Å². The second-order valence-corrected chi connectivity index (χ2v) is 3.90. The van der Waals surface area contributed by atoms with E-state index >= 15 is 0 Å². The van der Waals surface area contributed by atoms with Crippen molar-refractivity contribution < 1.29 is 13.6 Å². The summed E-state index contributed by atoms with van der Waals surface area (Å²) in [5.41, 5.74) is -0.748. The van der Waals surface area contributed by atoms with E-state index in [0.29, 0.717) is 18.5 Å². The zero-order chi connectivity index (χ0) is 10.2. The zero-order valence-electron chi connectivity index (χ0n) is 8.00. The average Bonchev–Trinajstić information content (AvgIpc) is 2.72. The van der Waals surface area contributed by atoms with Crippen LogP contribution in [0.2, 0.25) is 0 Å². The highest BCUT2D eigenvalue weighted by atomic mass is 19.1. The summed E-state index contributed by atoms with van der Waals surface area (Å²) in [6, 6.07) is 1.59. The van der Waals surface area contributed by atoms with Crippen molar-refractivity contribution >= 4 is 5.91 Å². The van der Waals surface area contributed by atoms with E-state index in [2.05, 4.69) is 0 Å². The summed E-state index contributed by atoms with van der Waals surface area (Å²) >= 11 is 0. The van der Waals surface area contributed by atoms with Gasteiger partial charge in [0.05, 0.1) is 18.4 Å². The van der Waals surface area contributed by atoms with Gasteiger partial charge in [-0.2, -0.15) is 0 Å². The predicted molar refractivity (Wildman–Crippen MR) is 48.7 cm³/mol. The van der Waals surface area contributed by atoms with Gasteiger partial charge in [0.2, 0.25) is 0 Å². The topological polar surface area (TPSA) is 33.5 Å². The molecule has 1 fully saturated rings. The van der Waals surface area contributed by atoms with Gasteiger partial charge in [-0.3, -0.25) is 4.79 Å². The van der Waals surface area contributed by atoms with E-state index < -0.39 is 5.67 Å². The van der Waals surface area contributed by atoms with Crippen LogP contribution >= 0.6 is 0 Å². The second kappa shape index (κ2) is 3.12. The SMILES string of the molecule is CC1(F)CCN(C(=O)c2ccoc2)C1. The number of alkyl halides is 1. The normalized spacial score (nSPS) is 26.9. The lowest BCUT2D eigenvalue weighted by Crippen LogP contribution is -2.31. The minimum Gasteiger partial charge on any atom is -0.472 e. The highest BCUT2D eigenvalue weighted by Gasteiger charge is 2.36. The van der Waals surface area contributed by atoms with Crippen LogP contribution in [0.3, 0.4) is 0 Å². The van der Waals surface area contributed by atoms with Crippen LogP contribution < -0.4 is 0 Å². The molecule has 0 radical (unpaired) electrons. The molecule has 0 N–H and O–H groups in total. The molecular weight excluding hydrogens is 185 g/mol. The van der Waals surface area contributed by atoms with Crippen LogP contribution in [0, 0.1) is 0 Å². The minimum atomic E-state index is -1.24.